The van der Waals surface area contributed by atoms with E-state index in [2.05, 4.69) is 4.74 Å². The Labute approximate surface area is 108 Å². The molecule has 0 heterocycles. The molecule has 0 amide bonds. The highest BCUT2D eigenvalue weighted by molar-refractivity contribution is 6.32. The van der Waals surface area contributed by atoms with Gasteiger partial charge in [-0.3, -0.25) is 19.7 Å². The number of halogens is 1. The van der Waals surface area contributed by atoms with Gasteiger partial charge in [0.1, 0.15) is 11.4 Å². The average molecular weight is 272 g/mol. The first-order chi connectivity index (χ1) is 8.45. The molecule has 0 saturated heterocycles. The Morgan fingerprint density at radius 3 is 2.67 bits per heavy atom. The minimum atomic E-state index is -0.691. The second kappa shape index (κ2) is 6.11. The lowest BCUT2D eigenvalue weighted by Crippen LogP contribution is -2.11. The number of Topliss-reactive ketones (excluding diaryl/α,β-unsaturated/α-hetero) is 1. The van der Waals surface area contributed by atoms with Crippen molar-refractivity contribution >= 4 is 29.0 Å². The summed E-state index contributed by atoms with van der Waals surface area (Å²) < 4.78 is 4.62. The molecule has 0 saturated carbocycles. The maximum atomic E-state index is 11.6. The van der Waals surface area contributed by atoms with Crippen LogP contribution in [0.2, 0.25) is 5.02 Å². The Hall–Kier alpha value is -1.95. The Balaban J connectivity index is 2.90. The van der Waals surface area contributed by atoms with Gasteiger partial charge in [-0.1, -0.05) is 11.6 Å². The summed E-state index contributed by atoms with van der Waals surface area (Å²) in [5.41, 5.74) is -0.314. The van der Waals surface area contributed by atoms with Gasteiger partial charge in [-0.15, -0.1) is 0 Å². The number of ether oxygens (including phenoxy) is 1. The number of esters is 1. The largest absolute Gasteiger partial charge is 0.466 e. The summed E-state index contributed by atoms with van der Waals surface area (Å²) in [5.74, 6) is -1.21. The minimum Gasteiger partial charge on any atom is -0.466 e. The minimum absolute atomic E-state index is 0.0548. The van der Waals surface area contributed by atoms with Crippen molar-refractivity contribution in [1.29, 1.82) is 0 Å². The van der Waals surface area contributed by atoms with Crippen molar-refractivity contribution in [3.8, 4) is 0 Å². The van der Waals surface area contributed by atoms with Crippen molar-refractivity contribution in [3.63, 3.8) is 0 Å². The molecule has 0 spiro atoms. The van der Waals surface area contributed by atoms with Crippen LogP contribution in [0.3, 0.4) is 0 Å². The molecule has 0 fully saturated rings. The Morgan fingerprint density at radius 2 is 2.11 bits per heavy atom. The highest BCUT2D eigenvalue weighted by Gasteiger charge is 2.18. The number of nitrogens with zero attached hydrogens (tertiary/aromatic N) is 1. The normalized spacial score (nSPS) is 9.89. The highest BCUT2D eigenvalue weighted by atomic mass is 35.5. The SMILES string of the molecule is CCOC(=O)CC(=O)c1ccc(Cl)c([N+](=O)[O-])c1. The third-order valence-corrected chi connectivity index (χ3v) is 2.39. The predicted octanol–water partition coefficient (Wildman–Crippen LogP) is 2.38. The van der Waals surface area contributed by atoms with E-state index in [4.69, 9.17) is 11.6 Å². The lowest BCUT2D eigenvalue weighted by atomic mass is 10.1. The lowest BCUT2D eigenvalue weighted by molar-refractivity contribution is -0.384. The number of ketones is 1. The van der Waals surface area contributed by atoms with Gasteiger partial charge < -0.3 is 4.74 Å². The topological polar surface area (TPSA) is 86.5 Å². The van der Waals surface area contributed by atoms with Crippen molar-refractivity contribution in [2.75, 3.05) is 6.61 Å². The number of nitro groups is 1. The van der Waals surface area contributed by atoms with E-state index in [0.717, 1.165) is 6.07 Å². The van der Waals surface area contributed by atoms with E-state index in [9.17, 15) is 19.7 Å². The maximum Gasteiger partial charge on any atom is 0.313 e. The van der Waals surface area contributed by atoms with E-state index >= 15 is 0 Å². The molecule has 0 N–H and O–H groups in total. The maximum absolute atomic E-state index is 11.6. The highest BCUT2D eigenvalue weighted by Crippen LogP contribution is 2.25. The fraction of sp³-hybridized carbons (Fsp3) is 0.273. The molecule has 1 aromatic rings. The molecule has 0 unspecified atom stereocenters. The number of carbonyl (C=O) groups excluding carboxylic acids is 2. The van der Waals surface area contributed by atoms with Gasteiger partial charge in [0.05, 0.1) is 11.5 Å². The van der Waals surface area contributed by atoms with Crippen LogP contribution >= 0.6 is 11.6 Å². The molecule has 6 nitrogen and oxygen atoms in total. The van der Waals surface area contributed by atoms with Crippen LogP contribution in [-0.4, -0.2) is 23.3 Å². The Kier molecular flexibility index (Phi) is 4.79. The zero-order chi connectivity index (χ0) is 13.7. The fourth-order valence-electron chi connectivity index (χ4n) is 1.27. The lowest BCUT2D eigenvalue weighted by Gasteiger charge is -2.02. The second-order valence-corrected chi connectivity index (χ2v) is 3.74. The summed E-state index contributed by atoms with van der Waals surface area (Å²) in [4.78, 5) is 32.7. The summed E-state index contributed by atoms with van der Waals surface area (Å²) in [6.07, 6.45) is -0.452. The van der Waals surface area contributed by atoms with Crippen LogP contribution in [0.4, 0.5) is 5.69 Å². The Morgan fingerprint density at radius 1 is 1.44 bits per heavy atom. The summed E-state index contributed by atoms with van der Waals surface area (Å²) in [6.45, 7) is 1.79. The van der Waals surface area contributed by atoms with E-state index in [1.165, 1.54) is 12.1 Å². The zero-order valence-electron chi connectivity index (χ0n) is 9.51. The summed E-state index contributed by atoms with van der Waals surface area (Å²) in [5, 5.41) is 10.6. The molecular formula is C11H10ClNO5. The fourth-order valence-corrected chi connectivity index (χ4v) is 1.46. The van der Waals surface area contributed by atoms with E-state index in [1.807, 2.05) is 0 Å². The van der Waals surface area contributed by atoms with Crippen LogP contribution in [-0.2, 0) is 9.53 Å². The molecule has 0 atom stereocenters. The van der Waals surface area contributed by atoms with Crippen LogP contribution in [0.5, 0.6) is 0 Å². The van der Waals surface area contributed by atoms with Gasteiger partial charge in [-0.25, -0.2) is 0 Å². The average Bonchev–Trinajstić information content (AvgIpc) is 2.29. The smallest absolute Gasteiger partial charge is 0.313 e. The van der Waals surface area contributed by atoms with Gasteiger partial charge in [0.25, 0.3) is 5.69 Å². The summed E-state index contributed by atoms with van der Waals surface area (Å²) in [7, 11) is 0. The van der Waals surface area contributed by atoms with Crippen LogP contribution in [0.25, 0.3) is 0 Å². The van der Waals surface area contributed by atoms with Crippen LogP contribution < -0.4 is 0 Å². The zero-order valence-corrected chi connectivity index (χ0v) is 10.3. The molecule has 0 aromatic heterocycles. The molecule has 0 aliphatic carbocycles. The third-order valence-electron chi connectivity index (χ3n) is 2.08. The van der Waals surface area contributed by atoms with E-state index in [-0.39, 0.29) is 22.9 Å². The molecule has 96 valence electrons. The van der Waals surface area contributed by atoms with Gasteiger partial charge in [0.15, 0.2) is 5.78 Å². The number of carbonyl (C=O) groups is 2. The quantitative estimate of drug-likeness (QED) is 0.270. The molecule has 18 heavy (non-hydrogen) atoms. The van der Waals surface area contributed by atoms with Crippen LogP contribution in [0, 0.1) is 10.1 Å². The molecule has 1 aromatic carbocycles. The Bertz CT molecular complexity index is 500. The van der Waals surface area contributed by atoms with Crippen molar-refractivity contribution in [1.82, 2.24) is 0 Å². The van der Waals surface area contributed by atoms with Gasteiger partial charge in [-0.2, -0.15) is 0 Å². The first-order valence-corrected chi connectivity index (χ1v) is 5.46. The van der Waals surface area contributed by atoms with E-state index in [1.54, 1.807) is 6.92 Å². The van der Waals surface area contributed by atoms with Crippen molar-refractivity contribution in [2.45, 2.75) is 13.3 Å². The summed E-state index contributed by atoms with van der Waals surface area (Å²) >= 11 is 5.61. The molecule has 0 aliphatic rings. The predicted molar refractivity (Wildman–Crippen MR) is 63.7 cm³/mol. The van der Waals surface area contributed by atoms with Crippen molar-refractivity contribution in [2.24, 2.45) is 0 Å². The van der Waals surface area contributed by atoms with E-state index in [0.29, 0.717) is 0 Å². The first kappa shape index (κ1) is 14.1. The number of nitro benzene ring substituents is 1. The second-order valence-electron chi connectivity index (χ2n) is 3.33. The number of hydrogen-bond acceptors (Lipinski definition) is 5. The monoisotopic (exact) mass is 271 g/mol. The molecule has 1 rings (SSSR count). The van der Waals surface area contributed by atoms with Gasteiger partial charge in [-0.05, 0) is 19.1 Å². The number of rotatable bonds is 5. The molecule has 7 heteroatoms. The first-order valence-electron chi connectivity index (χ1n) is 5.08. The van der Waals surface area contributed by atoms with Crippen LogP contribution in [0.15, 0.2) is 18.2 Å². The van der Waals surface area contributed by atoms with E-state index < -0.39 is 23.1 Å². The van der Waals surface area contributed by atoms with Crippen molar-refractivity contribution < 1.29 is 19.2 Å². The van der Waals surface area contributed by atoms with Gasteiger partial charge in [0, 0.05) is 11.6 Å². The van der Waals surface area contributed by atoms with Crippen molar-refractivity contribution in [3.05, 3.63) is 38.9 Å². The number of benzene rings is 1. The number of hydrogen-bond donors (Lipinski definition) is 0. The van der Waals surface area contributed by atoms with Crippen LogP contribution in [0.1, 0.15) is 23.7 Å². The molecule has 0 aliphatic heterocycles. The summed E-state index contributed by atoms with van der Waals surface area (Å²) in [6, 6.07) is 3.62. The molecule has 0 radical (unpaired) electrons. The van der Waals surface area contributed by atoms with Gasteiger partial charge >= 0.3 is 5.97 Å². The standard InChI is InChI=1S/C11H10ClNO5/c1-2-18-11(15)6-10(14)7-3-4-8(12)9(5-7)13(16)17/h3-5H,2,6H2,1H3. The molecule has 0 bridgehead atoms. The third kappa shape index (κ3) is 3.53. The van der Waals surface area contributed by atoms with Gasteiger partial charge in [0.2, 0.25) is 0 Å². The molecular weight excluding hydrogens is 262 g/mol.